The van der Waals surface area contributed by atoms with Crippen LogP contribution < -0.4 is 10.1 Å². The second-order valence-electron chi connectivity index (χ2n) is 5.56. The summed E-state index contributed by atoms with van der Waals surface area (Å²) in [4.78, 5) is 4.60. The molecule has 0 aliphatic heterocycles. The van der Waals surface area contributed by atoms with Gasteiger partial charge in [-0.25, -0.2) is 4.98 Å². The molecule has 0 spiro atoms. The van der Waals surface area contributed by atoms with E-state index in [2.05, 4.69) is 52.1 Å². The van der Waals surface area contributed by atoms with Gasteiger partial charge in [0.2, 0.25) is 0 Å². The van der Waals surface area contributed by atoms with E-state index in [9.17, 15) is 0 Å². The molecule has 4 nitrogen and oxygen atoms in total. The molecule has 0 atom stereocenters. The van der Waals surface area contributed by atoms with Crippen LogP contribution in [0.2, 0.25) is 0 Å². The van der Waals surface area contributed by atoms with Gasteiger partial charge >= 0.3 is 0 Å². The zero-order valence-electron chi connectivity index (χ0n) is 13.7. The molecule has 0 fully saturated rings. The number of para-hydroxylation sites is 2. The molecular weight excluding hydrogens is 286 g/mol. The van der Waals surface area contributed by atoms with Gasteiger partial charge in [-0.3, -0.25) is 0 Å². The largest absolute Gasteiger partial charge is 0.494 e. The molecule has 0 amide bonds. The fourth-order valence-electron chi connectivity index (χ4n) is 2.81. The molecule has 120 valence electrons. The van der Waals surface area contributed by atoms with E-state index in [-0.39, 0.29) is 0 Å². The van der Waals surface area contributed by atoms with Crippen LogP contribution in [0.3, 0.4) is 0 Å². The highest BCUT2D eigenvalue weighted by Gasteiger charge is 2.05. The summed E-state index contributed by atoms with van der Waals surface area (Å²) in [6, 6.07) is 16.5. The number of hydrogen-bond donors (Lipinski definition) is 1. The van der Waals surface area contributed by atoms with E-state index in [1.54, 1.807) is 0 Å². The zero-order valence-corrected chi connectivity index (χ0v) is 13.7. The first-order valence-corrected chi connectivity index (χ1v) is 8.12. The number of ether oxygens (including phenoxy) is 1. The predicted octanol–water partition coefficient (Wildman–Crippen LogP) is 3.53. The van der Waals surface area contributed by atoms with Gasteiger partial charge in [0.1, 0.15) is 11.6 Å². The van der Waals surface area contributed by atoms with Crippen molar-refractivity contribution in [2.45, 2.75) is 26.9 Å². The molecule has 3 aromatic rings. The Morgan fingerprint density at radius 3 is 2.87 bits per heavy atom. The Morgan fingerprint density at radius 2 is 2.00 bits per heavy atom. The van der Waals surface area contributed by atoms with E-state index in [0.29, 0.717) is 6.61 Å². The summed E-state index contributed by atoms with van der Waals surface area (Å²) in [6.07, 6.45) is 0. The Kier molecular flexibility index (Phi) is 4.93. The number of benzene rings is 2. The average Bonchev–Trinajstić information content (AvgIpc) is 2.88. The van der Waals surface area contributed by atoms with Crippen LogP contribution in [0.1, 0.15) is 18.3 Å². The van der Waals surface area contributed by atoms with E-state index in [1.165, 1.54) is 11.1 Å². The molecular formula is C19H23N3O. The van der Waals surface area contributed by atoms with E-state index >= 15 is 0 Å². The quantitative estimate of drug-likeness (QED) is 0.679. The van der Waals surface area contributed by atoms with Crippen LogP contribution in [0.25, 0.3) is 11.0 Å². The molecule has 0 radical (unpaired) electrons. The molecule has 0 aliphatic carbocycles. The minimum absolute atomic E-state index is 0.698. The summed E-state index contributed by atoms with van der Waals surface area (Å²) in [5.74, 6) is 1.99. The lowest BCUT2D eigenvalue weighted by atomic mass is 10.2. The Bertz CT molecular complexity index is 779. The van der Waals surface area contributed by atoms with Crippen molar-refractivity contribution in [3.63, 3.8) is 0 Å². The maximum absolute atomic E-state index is 5.54. The van der Waals surface area contributed by atoms with E-state index in [4.69, 9.17) is 4.74 Å². The summed E-state index contributed by atoms with van der Waals surface area (Å²) < 4.78 is 7.80. The second kappa shape index (κ2) is 7.29. The number of fused-ring (bicyclic) bond motifs is 1. The Morgan fingerprint density at radius 1 is 1.13 bits per heavy atom. The van der Waals surface area contributed by atoms with Crippen LogP contribution in [0.5, 0.6) is 5.75 Å². The molecule has 1 aromatic heterocycles. The lowest BCUT2D eigenvalue weighted by molar-refractivity contribution is 0.340. The monoisotopic (exact) mass is 309 g/mol. The van der Waals surface area contributed by atoms with Crippen LogP contribution in [0.15, 0.2) is 48.5 Å². The van der Waals surface area contributed by atoms with Gasteiger partial charge in [0.15, 0.2) is 0 Å². The fourth-order valence-corrected chi connectivity index (χ4v) is 2.81. The van der Waals surface area contributed by atoms with Crippen LogP contribution in [-0.2, 0) is 13.1 Å². The topological polar surface area (TPSA) is 39.1 Å². The van der Waals surface area contributed by atoms with Gasteiger partial charge < -0.3 is 14.6 Å². The number of rotatable bonds is 7. The van der Waals surface area contributed by atoms with Crippen molar-refractivity contribution in [3.05, 3.63) is 59.9 Å². The van der Waals surface area contributed by atoms with Crippen LogP contribution in [0.4, 0.5) is 0 Å². The number of nitrogens with zero attached hydrogens (tertiary/aromatic N) is 2. The zero-order chi connectivity index (χ0) is 16.1. The Hall–Kier alpha value is -2.33. The lowest BCUT2D eigenvalue weighted by Gasteiger charge is -2.10. The molecule has 0 aliphatic rings. The summed E-state index contributed by atoms with van der Waals surface area (Å²) in [6.45, 7) is 7.42. The van der Waals surface area contributed by atoms with E-state index in [1.807, 2.05) is 25.1 Å². The van der Waals surface area contributed by atoms with Gasteiger partial charge in [-0.05, 0) is 43.7 Å². The molecule has 0 saturated carbocycles. The number of aromatic nitrogens is 2. The third kappa shape index (κ3) is 3.71. The highest BCUT2D eigenvalue weighted by atomic mass is 16.5. The number of hydrogen-bond acceptors (Lipinski definition) is 3. The van der Waals surface area contributed by atoms with Crippen LogP contribution in [-0.4, -0.2) is 22.7 Å². The first kappa shape index (κ1) is 15.6. The molecule has 1 heterocycles. The van der Waals surface area contributed by atoms with Crippen molar-refractivity contribution in [2.24, 2.45) is 0 Å². The van der Waals surface area contributed by atoms with Gasteiger partial charge in [0, 0.05) is 19.6 Å². The highest BCUT2D eigenvalue weighted by molar-refractivity contribution is 5.75. The van der Waals surface area contributed by atoms with E-state index in [0.717, 1.165) is 36.7 Å². The van der Waals surface area contributed by atoms with Crippen LogP contribution in [0, 0.1) is 6.92 Å². The third-order valence-electron chi connectivity index (χ3n) is 3.90. The first-order valence-electron chi connectivity index (χ1n) is 8.12. The summed E-state index contributed by atoms with van der Waals surface area (Å²) in [5.41, 5.74) is 3.50. The van der Waals surface area contributed by atoms with Crippen LogP contribution >= 0.6 is 0 Å². The van der Waals surface area contributed by atoms with Gasteiger partial charge in [-0.2, -0.15) is 0 Å². The molecule has 23 heavy (non-hydrogen) atoms. The lowest BCUT2D eigenvalue weighted by Crippen LogP contribution is -2.20. The first-order chi connectivity index (χ1) is 11.3. The second-order valence-corrected chi connectivity index (χ2v) is 5.56. The molecule has 0 bridgehead atoms. The number of aryl methyl sites for hydroxylation is 1. The Labute approximate surface area is 137 Å². The van der Waals surface area contributed by atoms with Crippen molar-refractivity contribution in [1.82, 2.24) is 14.9 Å². The number of nitrogens with one attached hydrogen (secondary N) is 1. The van der Waals surface area contributed by atoms with Gasteiger partial charge in [0.25, 0.3) is 0 Å². The molecule has 1 N–H and O–H groups in total. The predicted molar refractivity (Wildman–Crippen MR) is 93.8 cm³/mol. The number of imidazole rings is 1. The molecule has 2 aromatic carbocycles. The standard InChI is InChI=1S/C19H23N3O/c1-3-23-17-8-6-7-16(13-17)14-20-11-12-22-15(2)21-18-9-4-5-10-19(18)22/h4-10,13,20H,3,11-12,14H2,1-2H3. The smallest absolute Gasteiger partial charge is 0.119 e. The van der Waals surface area contributed by atoms with Gasteiger partial charge in [-0.1, -0.05) is 24.3 Å². The average molecular weight is 309 g/mol. The van der Waals surface area contributed by atoms with Gasteiger partial charge in [-0.15, -0.1) is 0 Å². The minimum atomic E-state index is 0.698. The van der Waals surface area contributed by atoms with E-state index < -0.39 is 0 Å². The maximum Gasteiger partial charge on any atom is 0.119 e. The molecule has 4 heteroatoms. The van der Waals surface area contributed by atoms with Crippen molar-refractivity contribution in [3.8, 4) is 5.75 Å². The van der Waals surface area contributed by atoms with Gasteiger partial charge in [0.05, 0.1) is 17.6 Å². The highest BCUT2D eigenvalue weighted by Crippen LogP contribution is 2.15. The fraction of sp³-hybridized carbons (Fsp3) is 0.316. The normalized spacial score (nSPS) is 11.0. The van der Waals surface area contributed by atoms with Crippen molar-refractivity contribution in [2.75, 3.05) is 13.2 Å². The third-order valence-corrected chi connectivity index (χ3v) is 3.90. The molecule has 3 rings (SSSR count). The molecule has 0 unspecified atom stereocenters. The van der Waals surface area contributed by atoms with Crippen molar-refractivity contribution < 1.29 is 4.74 Å². The summed E-state index contributed by atoms with van der Waals surface area (Å²) >= 11 is 0. The van der Waals surface area contributed by atoms with Crippen molar-refractivity contribution >= 4 is 11.0 Å². The summed E-state index contributed by atoms with van der Waals surface area (Å²) in [7, 11) is 0. The summed E-state index contributed by atoms with van der Waals surface area (Å²) in [5, 5.41) is 3.50. The Balaban J connectivity index is 1.57. The maximum atomic E-state index is 5.54. The SMILES string of the molecule is CCOc1cccc(CNCCn2c(C)nc3ccccc32)c1. The minimum Gasteiger partial charge on any atom is -0.494 e. The van der Waals surface area contributed by atoms with Crippen molar-refractivity contribution in [1.29, 1.82) is 0 Å². The molecule has 0 saturated heterocycles.